The van der Waals surface area contributed by atoms with Crippen LogP contribution in [0.25, 0.3) is 20.7 Å². The van der Waals surface area contributed by atoms with Crippen LogP contribution in [-0.2, 0) is 11.8 Å². The Morgan fingerprint density at radius 1 is 1.32 bits per heavy atom. The fourth-order valence-corrected chi connectivity index (χ4v) is 3.42. The van der Waals surface area contributed by atoms with Crippen LogP contribution in [-0.4, -0.2) is 43.2 Å². The van der Waals surface area contributed by atoms with Crippen LogP contribution in [0.3, 0.4) is 0 Å². The molecule has 25 heavy (non-hydrogen) atoms. The molecule has 0 saturated carbocycles. The Labute approximate surface area is 144 Å². The van der Waals surface area contributed by atoms with E-state index in [2.05, 4.69) is 15.3 Å². The number of rotatable bonds is 4. The van der Waals surface area contributed by atoms with Gasteiger partial charge in [-0.1, -0.05) is 0 Å². The molecule has 0 spiro atoms. The highest BCUT2D eigenvalue weighted by molar-refractivity contribution is 7.22. The lowest BCUT2D eigenvalue weighted by Gasteiger charge is -2.08. The van der Waals surface area contributed by atoms with Crippen LogP contribution < -0.4 is 10.9 Å². The summed E-state index contributed by atoms with van der Waals surface area (Å²) in [6.07, 6.45) is 4.57. The minimum Gasteiger partial charge on any atom is -0.505 e. The summed E-state index contributed by atoms with van der Waals surface area (Å²) >= 11 is 1.17. The molecule has 1 amide bonds. The van der Waals surface area contributed by atoms with E-state index in [-0.39, 0.29) is 0 Å². The number of nitrogens with zero attached hydrogens (tertiary/aromatic N) is 3. The number of hydrogen-bond donors (Lipinski definition) is 3. The first-order valence-corrected chi connectivity index (χ1v) is 7.82. The summed E-state index contributed by atoms with van der Waals surface area (Å²) in [5.74, 6) is -2.68. The van der Waals surface area contributed by atoms with Crippen molar-refractivity contribution in [3.05, 3.63) is 40.7 Å². The molecule has 0 radical (unpaired) electrons. The third kappa shape index (κ3) is 2.94. The average molecular weight is 360 g/mol. The zero-order valence-corrected chi connectivity index (χ0v) is 13.7. The van der Waals surface area contributed by atoms with E-state index in [0.29, 0.717) is 20.7 Å². The Kier molecular flexibility index (Phi) is 4.19. The zero-order chi connectivity index (χ0) is 18.1. The van der Waals surface area contributed by atoms with Crippen LogP contribution >= 0.6 is 11.3 Å². The van der Waals surface area contributed by atoms with E-state index in [4.69, 9.17) is 5.11 Å². The van der Waals surface area contributed by atoms with Crippen molar-refractivity contribution < 1.29 is 19.8 Å². The van der Waals surface area contributed by atoms with E-state index < -0.39 is 35.3 Å². The van der Waals surface area contributed by atoms with Crippen molar-refractivity contribution in [3.8, 4) is 16.2 Å². The van der Waals surface area contributed by atoms with E-state index in [1.54, 1.807) is 18.5 Å². The number of carboxylic acid groups (broad SMARTS) is 1. The third-order valence-corrected chi connectivity index (χ3v) is 4.70. The molecular formula is C15H12N4O5S. The van der Waals surface area contributed by atoms with Crippen molar-refractivity contribution >= 4 is 33.4 Å². The van der Waals surface area contributed by atoms with Gasteiger partial charge in [-0.3, -0.25) is 14.4 Å². The Bertz CT molecular complexity index is 1040. The number of aliphatic carboxylic acids is 1. The monoisotopic (exact) mass is 360 g/mol. The molecule has 3 rings (SSSR count). The predicted octanol–water partition coefficient (Wildman–Crippen LogP) is 0.577. The smallest absolute Gasteiger partial charge is 0.322 e. The maximum Gasteiger partial charge on any atom is 0.322 e. The maximum absolute atomic E-state index is 12.4. The van der Waals surface area contributed by atoms with E-state index in [0.717, 1.165) is 0 Å². The van der Waals surface area contributed by atoms with Crippen molar-refractivity contribution in [2.75, 3.05) is 6.54 Å². The Morgan fingerprint density at radius 2 is 2.00 bits per heavy atom. The molecule has 0 fully saturated rings. The summed E-state index contributed by atoms with van der Waals surface area (Å²) in [6, 6.07) is 1.69. The number of carboxylic acids is 1. The van der Waals surface area contributed by atoms with E-state index in [1.165, 1.54) is 29.3 Å². The standard InChI is InChI=1S/C15H12N4O5S/c1-19-8-2-9(7-3-16-6-17-4-7)25-13(8)12(22)11(15(19)24)14(23)18-5-10(20)21/h2-4,6,22H,5H2,1H3,(H,18,23)(H,20,21). The summed E-state index contributed by atoms with van der Waals surface area (Å²) < 4.78 is 1.57. The van der Waals surface area contributed by atoms with Crippen molar-refractivity contribution in [1.29, 1.82) is 0 Å². The van der Waals surface area contributed by atoms with Crippen LogP contribution in [0.15, 0.2) is 29.6 Å². The highest BCUT2D eigenvalue weighted by atomic mass is 32.1. The quantitative estimate of drug-likeness (QED) is 0.619. The molecule has 0 atom stereocenters. The van der Waals surface area contributed by atoms with Gasteiger partial charge in [0.05, 0.1) is 10.2 Å². The normalized spacial score (nSPS) is 10.8. The molecule has 0 bridgehead atoms. The molecule has 128 valence electrons. The number of pyridine rings is 1. The van der Waals surface area contributed by atoms with Crippen LogP contribution in [0.1, 0.15) is 10.4 Å². The lowest BCUT2D eigenvalue weighted by molar-refractivity contribution is -0.135. The van der Waals surface area contributed by atoms with Crippen LogP contribution in [0.2, 0.25) is 0 Å². The highest BCUT2D eigenvalue weighted by Gasteiger charge is 2.23. The molecule has 9 nitrogen and oxygen atoms in total. The molecule has 10 heteroatoms. The molecule has 3 aromatic rings. The highest BCUT2D eigenvalue weighted by Crippen LogP contribution is 2.38. The lowest BCUT2D eigenvalue weighted by Crippen LogP contribution is -2.35. The first-order chi connectivity index (χ1) is 11.9. The van der Waals surface area contributed by atoms with E-state index >= 15 is 0 Å². The van der Waals surface area contributed by atoms with E-state index in [1.807, 2.05) is 0 Å². The molecular weight excluding hydrogens is 348 g/mol. The Balaban J connectivity index is 2.16. The van der Waals surface area contributed by atoms with Crippen LogP contribution in [0.4, 0.5) is 0 Å². The first kappa shape index (κ1) is 16.6. The number of nitrogens with one attached hydrogen (secondary N) is 1. The summed E-state index contributed by atoms with van der Waals surface area (Å²) in [5.41, 5.74) is -0.0657. The number of aromatic hydroxyl groups is 1. The van der Waals surface area contributed by atoms with Gasteiger partial charge in [-0.2, -0.15) is 0 Å². The van der Waals surface area contributed by atoms with Gasteiger partial charge in [0.25, 0.3) is 11.5 Å². The predicted molar refractivity (Wildman–Crippen MR) is 89.7 cm³/mol. The lowest BCUT2D eigenvalue weighted by atomic mass is 10.2. The van der Waals surface area contributed by atoms with Gasteiger partial charge < -0.3 is 20.1 Å². The van der Waals surface area contributed by atoms with E-state index in [9.17, 15) is 19.5 Å². The molecule has 3 aromatic heterocycles. The van der Waals surface area contributed by atoms with Crippen LogP contribution in [0, 0.1) is 0 Å². The van der Waals surface area contributed by atoms with Crippen molar-refractivity contribution in [3.63, 3.8) is 0 Å². The average Bonchev–Trinajstić information content (AvgIpc) is 3.05. The molecule has 0 saturated heterocycles. The van der Waals surface area contributed by atoms with Gasteiger partial charge in [0.1, 0.15) is 18.4 Å². The molecule has 3 N–H and O–H groups in total. The topological polar surface area (TPSA) is 134 Å². The maximum atomic E-state index is 12.4. The third-order valence-electron chi connectivity index (χ3n) is 3.52. The van der Waals surface area contributed by atoms with Crippen LogP contribution in [0.5, 0.6) is 5.75 Å². The number of aryl methyl sites for hydroxylation is 1. The van der Waals surface area contributed by atoms with Crippen molar-refractivity contribution in [2.24, 2.45) is 7.05 Å². The number of aromatic nitrogens is 3. The molecule has 3 heterocycles. The fraction of sp³-hybridized carbons (Fsp3) is 0.133. The van der Waals surface area contributed by atoms with Crippen molar-refractivity contribution in [2.45, 2.75) is 0 Å². The second-order valence-electron chi connectivity index (χ2n) is 5.12. The first-order valence-electron chi connectivity index (χ1n) is 7.01. The second kappa shape index (κ2) is 6.32. The minimum absolute atomic E-state index is 0.335. The van der Waals surface area contributed by atoms with Gasteiger partial charge in [-0.25, -0.2) is 9.97 Å². The number of fused-ring (bicyclic) bond motifs is 1. The molecule has 0 aliphatic heterocycles. The van der Waals surface area contributed by atoms with Gasteiger partial charge in [0.15, 0.2) is 5.75 Å². The van der Waals surface area contributed by atoms with Gasteiger partial charge in [0.2, 0.25) is 0 Å². The number of thiophene rings is 1. The molecule has 0 aliphatic rings. The van der Waals surface area contributed by atoms with Gasteiger partial charge >= 0.3 is 5.97 Å². The van der Waals surface area contributed by atoms with Gasteiger partial charge in [-0.15, -0.1) is 11.3 Å². The summed E-state index contributed by atoms with van der Waals surface area (Å²) in [6.45, 7) is -0.656. The largest absolute Gasteiger partial charge is 0.505 e. The summed E-state index contributed by atoms with van der Waals surface area (Å²) in [5, 5.41) is 21.1. The minimum atomic E-state index is -1.26. The number of amides is 1. The second-order valence-corrected chi connectivity index (χ2v) is 6.17. The van der Waals surface area contributed by atoms with Gasteiger partial charge in [-0.05, 0) is 6.07 Å². The molecule has 0 aliphatic carbocycles. The fourth-order valence-electron chi connectivity index (χ4n) is 2.31. The molecule has 0 aromatic carbocycles. The van der Waals surface area contributed by atoms with Crippen molar-refractivity contribution in [1.82, 2.24) is 19.9 Å². The number of carbonyl (C=O) groups excluding carboxylic acids is 1. The number of carbonyl (C=O) groups is 2. The zero-order valence-electron chi connectivity index (χ0n) is 12.9. The molecule has 0 unspecified atom stereocenters. The summed E-state index contributed by atoms with van der Waals surface area (Å²) in [7, 11) is 1.47. The SMILES string of the molecule is Cn1c(=O)c(C(=O)NCC(=O)O)c(O)c2sc(-c3cncnc3)cc21. The Hall–Kier alpha value is -3.27. The Morgan fingerprint density at radius 3 is 2.64 bits per heavy atom. The summed E-state index contributed by atoms with van der Waals surface area (Å²) in [4.78, 5) is 43.6. The number of hydrogen-bond acceptors (Lipinski definition) is 7. The van der Waals surface area contributed by atoms with Gasteiger partial charge in [0, 0.05) is 29.9 Å².